The minimum absolute atomic E-state index is 0.877. The highest BCUT2D eigenvalue weighted by Crippen LogP contribution is 2.54. The maximum Gasteiger partial charge on any atom is 0.499 e. The van der Waals surface area contributed by atoms with Crippen LogP contribution in [0.3, 0.4) is 0 Å². The van der Waals surface area contributed by atoms with Crippen LogP contribution in [0.2, 0.25) is 0 Å². The molecule has 16 rings (SSSR count). The lowest BCUT2D eigenvalue weighted by Crippen LogP contribution is -2.70. The Kier molecular flexibility index (Phi) is 4.36. The van der Waals surface area contributed by atoms with Crippen molar-refractivity contribution in [1.29, 1.82) is 0 Å². The number of nitrogens with zero attached hydrogens (tertiary/aromatic N) is 5. The maximum atomic E-state index is 5.82. The summed E-state index contributed by atoms with van der Waals surface area (Å²) in [6, 6.07) is 54.4. The predicted octanol–water partition coefficient (Wildman–Crippen LogP) is 9.15. The molecule has 1 atom stereocenters. The minimum Gasteiger partial charge on any atom is -0.220 e. The first-order chi connectivity index (χ1) is 28.2. The Bertz CT molecular complexity index is 3780. The number of benzene rings is 8. The van der Waals surface area contributed by atoms with Gasteiger partial charge < -0.3 is 0 Å². The van der Waals surface area contributed by atoms with Crippen LogP contribution in [0.15, 0.2) is 151 Å². The summed E-state index contributed by atoms with van der Waals surface area (Å²) in [5, 5.41) is 17.3. The third-order valence-electron chi connectivity index (χ3n) is 13.8. The highest BCUT2D eigenvalue weighted by Gasteiger charge is 2.71. The second kappa shape index (κ2) is 8.91. The van der Waals surface area contributed by atoms with E-state index in [9.17, 15) is 0 Å². The number of hydrogen-bond donors (Lipinski definition) is 0. The number of aliphatic imine (C=N–C) groups is 1. The first kappa shape index (κ1) is 27.9. The Balaban J connectivity index is 1.20. The number of fused-ring (bicyclic) bond motifs is 16. The summed E-state index contributed by atoms with van der Waals surface area (Å²) in [6.45, 7) is 0. The molecule has 57 heavy (non-hydrogen) atoms. The molecular weight excluding hydrogens is 695 g/mol. The van der Waals surface area contributed by atoms with E-state index in [4.69, 9.17) is 4.99 Å². The Labute approximate surface area is 323 Å². The Hall–Kier alpha value is -7.63. The fourth-order valence-corrected chi connectivity index (χ4v) is 11.5. The zero-order valence-corrected chi connectivity index (χ0v) is 30.3. The summed E-state index contributed by atoms with van der Waals surface area (Å²) >= 11 is 0. The molecule has 0 amide bonds. The molecule has 5 heteroatoms. The summed E-state index contributed by atoms with van der Waals surface area (Å²) in [5.41, 5.74) is 9.74. The van der Waals surface area contributed by atoms with Crippen molar-refractivity contribution in [2.45, 2.75) is 5.91 Å². The van der Waals surface area contributed by atoms with Crippen LogP contribution in [-0.2, 0) is 5.91 Å². The van der Waals surface area contributed by atoms with E-state index in [2.05, 4.69) is 182 Å². The molecule has 0 aliphatic carbocycles. The number of hydrogen-bond acceptors (Lipinski definition) is 1. The van der Waals surface area contributed by atoms with Gasteiger partial charge in [-0.15, -0.1) is 9.15 Å². The fraction of sp³-hybridized carbons (Fsp3) is 0.0192. The van der Waals surface area contributed by atoms with Gasteiger partial charge in [-0.2, -0.15) is 4.57 Å². The van der Waals surface area contributed by atoms with E-state index in [1.807, 2.05) is 0 Å². The molecule has 1 unspecified atom stereocenters. The molecular formula is C52H27N5+2. The maximum absolute atomic E-state index is 5.82. The molecule has 8 aromatic carbocycles. The van der Waals surface area contributed by atoms with Gasteiger partial charge in [0.2, 0.25) is 11.4 Å². The van der Waals surface area contributed by atoms with Crippen LogP contribution in [0.25, 0.3) is 88.6 Å². The number of amidine groups is 1. The lowest BCUT2D eigenvalue weighted by atomic mass is 9.97. The van der Waals surface area contributed by atoms with E-state index in [0.717, 1.165) is 11.7 Å². The normalized spacial score (nSPS) is 18.6. The highest BCUT2D eigenvalue weighted by molar-refractivity contribution is 6.31. The van der Waals surface area contributed by atoms with Crippen molar-refractivity contribution in [2.24, 2.45) is 4.99 Å². The van der Waals surface area contributed by atoms with E-state index in [0.29, 0.717) is 0 Å². The Morgan fingerprint density at radius 2 is 0.842 bits per heavy atom. The molecule has 2 aromatic heterocycles. The van der Waals surface area contributed by atoms with E-state index in [1.165, 1.54) is 120 Å². The summed E-state index contributed by atoms with van der Waals surface area (Å²) < 4.78 is 10.5. The molecule has 1 spiro atoms. The molecule has 0 bridgehead atoms. The van der Waals surface area contributed by atoms with E-state index < -0.39 is 5.91 Å². The van der Waals surface area contributed by atoms with Gasteiger partial charge in [-0.3, -0.25) is 0 Å². The number of rotatable bonds is 0. The molecule has 6 aliphatic rings. The molecule has 258 valence electrons. The average Bonchev–Trinajstić information content (AvgIpc) is 3.95. The third kappa shape index (κ3) is 2.93. The summed E-state index contributed by atoms with van der Waals surface area (Å²) in [4.78, 5) is 5.82. The molecule has 10 aromatic rings. The summed E-state index contributed by atoms with van der Waals surface area (Å²) in [7, 11) is 0. The summed E-state index contributed by atoms with van der Waals surface area (Å²) in [5.74, 6) is 1.12. The molecule has 0 fully saturated rings. The monoisotopic (exact) mass is 721 g/mol. The zero-order chi connectivity index (χ0) is 36.5. The second-order valence-corrected chi connectivity index (χ2v) is 16.4. The minimum atomic E-state index is -0.877. The molecule has 0 radical (unpaired) electrons. The van der Waals surface area contributed by atoms with Gasteiger partial charge in [-0.1, -0.05) is 97.1 Å². The average molecular weight is 722 g/mol. The first-order valence-electron chi connectivity index (χ1n) is 19.8. The van der Waals surface area contributed by atoms with Crippen LogP contribution in [0.4, 0.5) is 5.82 Å². The van der Waals surface area contributed by atoms with Crippen molar-refractivity contribution in [3.63, 3.8) is 0 Å². The van der Waals surface area contributed by atoms with Crippen molar-refractivity contribution < 1.29 is 9.15 Å². The zero-order valence-electron chi connectivity index (χ0n) is 30.3. The van der Waals surface area contributed by atoms with Gasteiger partial charge in [-0.05, 0) is 96.6 Å². The second-order valence-electron chi connectivity index (χ2n) is 16.4. The third-order valence-corrected chi connectivity index (χ3v) is 13.8. The fourth-order valence-electron chi connectivity index (χ4n) is 11.5. The lowest BCUT2D eigenvalue weighted by Gasteiger charge is -2.38. The molecule has 0 saturated carbocycles. The van der Waals surface area contributed by atoms with Crippen molar-refractivity contribution in [3.05, 3.63) is 184 Å². The van der Waals surface area contributed by atoms with Crippen molar-refractivity contribution in [3.8, 4) is 0 Å². The van der Waals surface area contributed by atoms with Gasteiger partial charge in [0.25, 0.3) is 5.82 Å². The van der Waals surface area contributed by atoms with E-state index >= 15 is 0 Å². The SMILES string of the molecule is C1=C2c3cc4ccccc4cc3C3=[N+]2C24n5c1c1cc6ccccc6cc1c5N=C1c5cc6ccccc6cc5C(=[N+]12)C=c1c2cc5ccccc5cc2c(n14)=C3. The Morgan fingerprint density at radius 1 is 0.404 bits per heavy atom. The van der Waals surface area contributed by atoms with Crippen molar-refractivity contribution in [2.75, 3.05) is 0 Å². The van der Waals surface area contributed by atoms with Crippen LogP contribution in [0, 0.1) is 0 Å². The molecule has 6 aliphatic heterocycles. The van der Waals surface area contributed by atoms with Crippen LogP contribution >= 0.6 is 0 Å². The van der Waals surface area contributed by atoms with Crippen molar-refractivity contribution >= 4 is 112 Å². The lowest BCUT2D eigenvalue weighted by molar-refractivity contribution is -0.796. The highest BCUT2D eigenvalue weighted by atomic mass is 15.6. The first-order valence-corrected chi connectivity index (χ1v) is 19.8. The van der Waals surface area contributed by atoms with Crippen LogP contribution in [-0.4, -0.2) is 35.5 Å². The molecule has 5 nitrogen and oxygen atoms in total. The largest absolute Gasteiger partial charge is 0.499 e. The van der Waals surface area contributed by atoms with E-state index in [-0.39, 0.29) is 0 Å². The van der Waals surface area contributed by atoms with Crippen LogP contribution < -0.4 is 10.7 Å². The van der Waals surface area contributed by atoms with E-state index in [1.54, 1.807) is 0 Å². The van der Waals surface area contributed by atoms with Gasteiger partial charge in [-0.25, -0.2) is 4.57 Å². The standard InChI is InChI=1S/C52H27N5/c1-3-11-30-19-38-36(17-28(30)9-1)44-25-45-37-18-29-10-2-4-12-31(29)20-39(37)47-27-49-41-22-33-14-6-8-16-35(33)24-43(41)51-53-50-42-23-34-15-7-5-13-32(34)21-40(42)48-26-46(38)54(44)52(55(45)47,56(48)50)57(49)51/h1-27H/q+2. The predicted molar refractivity (Wildman–Crippen MR) is 231 cm³/mol. The quantitative estimate of drug-likeness (QED) is 0.140. The van der Waals surface area contributed by atoms with Crippen LogP contribution in [0.1, 0.15) is 27.9 Å². The number of aromatic nitrogens is 2. The van der Waals surface area contributed by atoms with Crippen LogP contribution in [0.5, 0.6) is 0 Å². The molecule has 8 heterocycles. The summed E-state index contributed by atoms with van der Waals surface area (Å²) in [6.07, 6.45) is 7.39. The Morgan fingerprint density at radius 3 is 1.40 bits per heavy atom. The molecule has 0 N–H and O–H groups in total. The van der Waals surface area contributed by atoms with Gasteiger partial charge in [0.1, 0.15) is 5.71 Å². The van der Waals surface area contributed by atoms with Gasteiger partial charge in [0.15, 0.2) is 0 Å². The smallest absolute Gasteiger partial charge is 0.220 e. The van der Waals surface area contributed by atoms with Gasteiger partial charge in [0.05, 0.1) is 38.5 Å². The van der Waals surface area contributed by atoms with Gasteiger partial charge >= 0.3 is 11.7 Å². The topological polar surface area (TPSA) is 28.2 Å². The van der Waals surface area contributed by atoms with Gasteiger partial charge in [0, 0.05) is 40.0 Å². The molecule has 0 saturated heterocycles. The van der Waals surface area contributed by atoms with Crippen molar-refractivity contribution in [1.82, 2.24) is 9.13 Å².